The molecule has 0 bridgehead atoms. The van der Waals surface area contributed by atoms with Crippen LogP contribution in [0, 0.1) is 11.8 Å². The van der Waals surface area contributed by atoms with E-state index in [0.29, 0.717) is 5.92 Å². The van der Waals surface area contributed by atoms with Crippen LogP contribution < -0.4 is 0 Å². The fourth-order valence-corrected chi connectivity index (χ4v) is 2.32. The topological polar surface area (TPSA) is 38.7 Å². The van der Waals surface area contributed by atoms with Crippen LogP contribution in [0.5, 0.6) is 0 Å². The summed E-state index contributed by atoms with van der Waals surface area (Å²) in [4.78, 5) is 0. The molecule has 0 aromatic carbocycles. The first kappa shape index (κ1) is 10.4. The van der Waals surface area contributed by atoms with Crippen molar-refractivity contribution in [2.24, 2.45) is 11.8 Å². The zero-order chi connectivity index (χ0) is 9.80. The molecule has 0 aromatic heterocycles. The van der Waals surface area contributed by atoms with Crippen LogP contribution in [0.2, 0.25) is 0 Å². The third-order valence-electron chi connectivity index (χ3n) is 3.40. The first-order valence-corrected chi connectivity index (χ1v) is 5.70. The zero-order valence-corrected chi connectivity index (χ0v) is 8.65. The Bertz CT molecular complexity index is 166. The fourth-order valence-electron chi connectivity index (χ4n) is 2.32. The van der Waals surface area contributed by atoms with Crippen LogP contribution in [0.4, 0.5) is 0 Å². The second-order valence-electron chi connectivity index (χ2n) is 4.50. The van der Waals surface area contributed by atoms with Gasteiger partial charge in [-0.2, -0.15) is 0 Å². The van der Waals surface area contributed by atoms with E-state index < -0.39 is 0 Å². The monoisotopic (exact) mass is 200 g/mol. The molecule has 0 amide bonds. The average Bonchev–Trinajstić information content (AvgIpc) is 2.69. The molecular weight excluding hydrogens is 180 g/mol. The van der Waals surface area contributed by atoms with Crippen LogP contribution in [0.1, 0.15) is 25.7 Å². The highest BCUT2D eigenvalue weighted by molar-refractivity contribution is 4.75. The largest absolute Gasteiger partial charge is 0.393 e. The van der Waals surface area contributed by atoms with E-state index in [1.165, 1.54) is 12.8 Å². The molecule has 2 aliphatic rings. The van der Waals surface area contributed by atoms with Gasteiger partial charge in [-0.05, 0) is 31.6 Å². The van der Waals surface area contributed by atoms with Gasteiger partial charge in [0.25, 0.3) is 0 Å². The third kappa shape index (κ3) is 2.69. The summed E-state index contributed by atoms with van der Waals surface area (Å²) in [5.41, 5.74) is 0. The standard InChI is InChI=1S/C11H20O3/c12-11-4-6-14-8-10(11)2-1-9-3-5-13-7-9/h9-12H,1-8H2. The van der Waals surface area contributed by atoms with Gasteiger partial charge in [0.05, 0.1) is 12.7 Å². The molecule has 3 atom stereocenters. The first-order chi connectivity index (χ1) is 6.86. The Hall–Kier alpha value is -0.120. The molecular formula is C11H20O3. The highest BCUT2D eigenvalue weighted by Crippen LogP contribution is 2.25. The molecule has 2 rings (SSSR count). The van der Waals surface area contributed by atoms with Crippen molar-refractivity contribution >= 4 is 0 Å². The van der Waals surface area contributed by atoms with Gasteiger partial charge in [-0.1, -0.05) is 0 Å². The van der Waals surface area contributed by atoms with E-state index in [-0.39, 0.29) is 6.10 Å². The molecule has 3 unspecified atom stereocenters. The van der Waals surface area contributed by atoms with Crippen molar-refractivity contribution in [1.82, 2.24) is 0 Å². The highest BCUT2D eigenvalue weighted by atomic mass is 16.5. The van der Waals surface area contributed by atoms with Gasteiger partial charge in [0, 0.05) is 25.7 Å². The lowest BCUT2D eigenvalue weighted by Gasteiger charge is -2.28. The van der Waals surface area contributed by atoms with Crippen LogP contribution in [-0.2, 0) is 9.47 Å². The van der Waals surface area contributed by atoms with Gasteiger partial charge in [0.1, 0.15) is 0 Å². The van der Waals surface area contributed by atoms with Gasteiger partial charge in [-0.15, -0.1) is 0 Å². The van der Waals surface area contributed by atoms with E-state index in [0.717, 1.165) is 45.2 Å². The molecule has 2 aliphatic heterocycles. The summed E-state index contributed by atoms with van der Waals surface area (Å²) in [7, 11) is 0. The van der Waals surface area contributed by atoms with Gasteiger partial charge in [-0.3, -0.25) is 0 Å². The lowest BCUT2D eigenvalue weighted by molar-refractivity contribution is -0.0401. The second-order valence-corrected chi connectivity index (χ2v) is 4.50. The van der Waals surface area contributed by atoms with Crippen LogP contribution >= 0.6 is 0 Å². The average molecular weight is 200 g/mol. The minimum Gasteiger partial charge on any atom is -0.393 e. The normalized spacial score (nSPS) is 38.8. The summed E-state index contributed by atoms with van der Waals surface area (Å²) in [6.07, 6.45) is 4.15. The minimum absolute atomic E-state index is 0.133. The Labute approximate surface area is 85.4 Å². The van der Waals surface area contributed by atoms with Gasteiger partial charge in [0.2, 0.25) is 0 Å². The molecule has 82 valence electrons. The molecule has 0 aromatic rings. The fraction of sp³-hybridized carbons (Fsp3) is 1.00. The molecule has 3 heteroatoms. The Kier molecular flexibility index (Phi) is 3.79. The van der Waals surface area contributed by atoms with Crippen molar-refractivity contribution in [3.05, 3.63) is 0 Å². The number of ether oxygens (including phenoxy) is 2. The third-order valence-corrected chi connectivity index (χ3v) is 3.40. The molecule has 3 nitrogen and oxygen atoms in total. The quantitative estimate of drug-likeness (QED) is 0.744. The van der Waals surface area contributed by atoms with Crippen molar-refractivity contribution in [2.45, 2.75) is 31.8 Å². The maximum absolute atomic E-state index is 9.73. The van der Waals surface area contributed by atoms with Crippen LogP contribution in [0.25, 0.3) is 0 Å². The smallest absolute Gasteiger partial charge is 0.0612 e. The minimum atomic E-state index is -0.133. The Morgan fingerprint density at radius 3 is 2.50 bits per heavy atom. The molecule has 2 saturated heterocycles. The molecule has 14 heavy (non-hydrogen) atoms. The Morgan fingerprint density at radius 2 is 1.79 bits per heavy atom. The van der Waals surface area contributed by atoms with E-state index in [1.54, 1.807) is 0 Å². The van der Waals surface area contributed by atoms with E-state index in [1.807, 2.05) is 0 Å². The summed E-state index contributed by atoms with van der Waals surface area (Å²) in [6.45, 7) is 3.32. The number of aliphatic hydroxyl groups excluding tert-OH is 1. The second kappa shape index (κ2) is 5.10. The predicted molar refractivity (Wildman–Crippen MR) is 53.1 cm³/mol. The molecule has 1 N–H and O–H groups in total. The lowest BCUT2D eigenvalue weighted by Crippen LogP contribution is -2.32. The van der Waals surface area contributed by atoms with E-state index in [2.05, 4.69) is 0 Å². The first-order valence-electron chi connectivity index (χ1n) is 5.70. The number of hydrogen-bond donors (Lipinski definition) is 1. The van der Waals surface area contributed by atoms with E-state index in [4.69, 9.17) is 9.47 Å². The van der Waals surface area contributed by atoms with Crippen LogP contribution in [-0.4, -0.2) is 37.6 Å². The van der Waals surface area contributed by atoms with Crippen LogP contribution in [0.15, 0.2) is 0 Å². The SMILES string of the molecule is OC1CCOCC1CCC1CCOC1. The zero-order valence-electron chi connectivity index (χ0n) is 8.65. The number of aliphatic hydroxyl groups is 1. The summed E-state index contributed by atoms with van der Waals surface area (Å²) in [5.74, 6) is 1.09. The lowest BCUT2D eigenvalue weighted by atomic mass is 9.90. The highest BCUT2D eigenvalue weighted by Gasteiger charge is 2.25. The van der Waals surface area contributed by atoms with Crippen molar-refractivity contribution in [2.75, 3.05) is 26.4 Å². The van der Waals surface area contributed by atoms with Crippen LogP contribution in [0.3, 0.4) is 0 Å². The Balaban J connectivity index is 1.67. The molecule has 0 saturated carbocycles. The van der Waals surface area contributed by atoms with E-state index >= 15 is 0 Å². The maximum Gasteiger partial charge on any atom is 0.0612 e. The number of hydrogen-bond acceptors (Lipinski definition) is 3. The van der Waals surface area contributed by atoms with Gasteiger partial charge < -0.3 is 14.6 Å². The molecule has 0 spiro atoms. The molecule has 2 heterocycles. The van der Waals surface area contributed by atoms with E-state index in [9.17, 15) is 5.11 Å². The summed E-state index contributed by atoms with van der Waals surface area (Å²) < 4.78 is 10.7. The molecule has 0 aliphatic carbocycles. The number of rotatable bonds is 3. The molecule has 0 radical (unpaired) electrons. The van der Waals surface area contributed by atoms with Crippen molar-refractivity contribution in [3.8, 4) is 0 Å². The summed E-state index contributed by atoms with van der Waals surface area (Å²) in [6, 6.07) is 0. The summed E-state index contributed by atoms with van der Waals surface area (Å²) in [5, 5.41) is 9.73. The maximum atomic E-state index is 9.73. The van der Waals surface area contributed by atoms with Crippen molar-refractivity contribution in [1.29, 1.82) is 0 Å². The van der Waals surface area contributed by atoms with Gasteiger partial charge >= 0.3 is 0 Å². The predicted octanol–water partition coefficient (Wildman–Crippen LogP) is 1.20. The van der Waals surface area contributed by atoms with Crippen molar-refractivity contribution < 1.29 is 14.6 Å². The van der Waals surface area contributed by atoms with Gasteiger partial charge in [-0.25, -0.2) is 0 Å². The Morgan fingerprint density at radius 1 is 1.00 bits per heavy atom. The summed E-state index contributed by atoms with van der Waals surface area (Å²) >= 11 is 0. The van der Waals surface area contributed by atoms with Crippen molar-refractivity contribution in [3.63, 3.8) is 0 Å². The van der Waals surface area contributed by atoms with Gasteiger partial charge in [0.15, 0.2) is 0 Å². The molecule has 2 fully saturated rings.